The highest BCUT2D eigenvalue weighted by Crippen LogP contribution is 2.36. The highest BCUT2D eigenvalue weighted by atomic mass is 19.1. The molecule has 1 saturated carbocycles. The van der Waals surface area contributed by atoms with Crippen molar-refractivity contribution in [2.45, 2.75) is 37.8 Å². The number of ether oxygens (including phenoxy) is 1. The molecule has 1 unspecified atom stereocenters. The van der Waals surface area contributed by atoms with E-state index in [1.165, 1.54) is 25.3 Å². The third-order valence-corrected chi connectivity index (χ3v) is 4.64. The van der Waals surface area contributed by atoms with Crippen LogP contribution in [0.1, 0.15) is 37.8 Å². The van der Waals surface area contributed by atoms with Crippen LogP contribution in [0.3, 0.4) is 0 Å². The molecule has 0 heterocycles. The van der Waals surface area contributed by atoms with Gasteiger partial charge in [-0.05, 0) is 52.4 Å². The third kappa shape index (κ3) is 2.81. The van der Waals surface area contributed by atoms with Gasteiger partial charge in [-0.15, -0.1) is 0 Å². The first-order chi connectivity index (χ1) is 9.50. The second-order valence-corrected chi connectivity index (χ2v) is 5.93. The molecule has 4 heteroatoms. The van der Waals surface area contributed by atoms with Gasteiger partial charge < -0.3 is 15.0 Å². The molecular weight excluding hydrogens is 255 g/mol. The second kappa shape index (κ2) is 6.10. The van der Waals surface area contributed by atoms with E-state index >= 15 is 0 Å². The third-order valence-electron chi connectivity index (χ3n) is 4.64. The number of methoxy groups -OCH3 is 1. The molecule has 1 aliphatic rings. The van der Waals surface area contributed by atoms with E-state index in [0.29, 0.717) is 11.3 Å². The van der Waals surface area contributed by atoms with E-state index in [4.69, 9.17) is 4.74 Å². The van der Waals surface area contributed by atoms with Gasteiger partial charge in [0.25, 0.3) is 0 Å². The molecular formula is C16H25FN2O. The first-order valence-electron chi connectivity index (χ1n) is 7.23. The summed E-state index contributed by atoms with van der Waals surface area (Å²) in [5.41, 5.74) is 0.843. The Balaban J connectivity index is 2.07. The topological polar surface area (TPSA) is 24.5 Å². The van der Waals surface area contributed by atoms with Gasteiger partial charge in [0.05, 0.1) is 7.11 Å². The average Bonchev–Trinajstić information content (AvgIpc) is 2.36. The van der Waals surface area contributed by atoms with E-state index in [1.807, 2.05) is 13.0 Å². The van der Waals surface area contributed by atoms with Crippen LogP contribution in [0.4, 0.5) is 4.39 Å². The van der Waals surface area contributed by atoms with Gasteiger partial charge >= 0.3 is 0 Å². The molecule has 1 aliphatic carbocycles. The summed E-state index contributed by atoms with van der Waals surface area (Å²) in [6, 6.07) is 4.91. The first-order valence-corrected chi connectivity index (χ1v) is 7.23. The molecule has 0 radical (unpaired) electrons. The number of likely N-dealkylation sites (N-methyl/N-ethyl adjacent to an activating group) is 1. The van der Waals surface area contributed by atoms with Crippen molar-refractivity contribution >= 4 is 0 Å². The van der Waals surface area contributed by atoms with Crippen LogP contribution >= 0.6 is 0 Å². The van der Waals surface area contributed by atoms with E-state index in [-0.39, 0.29) is 17.4 Å². The summed E-state index contributed by atoms with van der Waals surface area (Å²) in [5.74, 6) is 0.398. The van der Waals surface area contributed by atoms with Gasteiger partial charge in [-0.3, -0.25) is 0 Å². The van der Waals surface area contributed by atoms with Crippen molar-refractivity contribution in [1.82, 2.24) is 10.2 Å². The molecule has 0 bridgehead atoms. The number of hydrogen-bond acceptors (Lipinski definition) is 3. The molecule has 1 N–H and O–H groups in total. The Hall–Kier alpha value is -1.13. The quantitative estimate of drug-likeness (QED) is 0.867. The summed E-state index contributed by atoms with van der Waals surface area (Å²) >= 11 is 0. The first kappa shape index (κ1) is 15.3. The van der Waals surface area contributed by atoms with E-state index < -0.39 is 0 Å². The zero-order valence-corrected chi connectivity index (χ0v) is 12.9. The lowest BCUT2D eigenvalue weighted by Crippen LogP contribution is -2.56. The minimum Gasteiger partial charge on any atom is -0.496 e. The molecule has 0 aromatic heterocycles. The second-order valence-electron chi connectivity index (χ2n) is 5.93. The summed E-state index contributed by atoms with van der Waals surface area (Å²) in [6.07, 6.45) is 3.68. The maximum absolute atomic E-state index is 14.0. The summed E-state index contributed by atoms with van der Waals surface area (Å²) < 4.78 is 19.3. The van der Waals surface area contributed by atoms with E-state index in [1.54, 1.807) is 13.2 Å². The molecule has 112 valence electrons. The van der Waals surface area contributed by atoms with E-state index in [2.05, 4.69) is 24.3 Å². The lowest BCUT2D eigenvalue weighted by Gasteiger charge is -2.48. The van der Waals surface area contributed by atoms with Gasteiger partial charge in [0.15, 0.2) is 0 Å². The smallest absolute Gasteiger partial charge is 0.131 e. The summed E-state index contributed by atoms with van der Waals surface area (Å²) in [6.45, 7) is 2.86. The van der Waals surface area contributed by atoms with Crippen LogP contribution in [0, 0.1) is 5.82 Å². The van der Waals surface area contributed by atoms with Gasteiger partial charge in [0.1, 0.15) is 11.6 Å². The Kier molecular flexibility index (Phi) is 4.66. The van der Waals surface area contributed by atoms with Crippen molar-refractivity contribution in [3.63, 3.8) is 0 Å². The molecule has 1 aromatic rings. The van der Waals surface area contributed by atoms with E-state index in [0.717, 1.165) is 6.54 Å². The lowest BCUT2D eigenvalue weighted by molar-refractivity contribution is 0.0574. The molecule has 0 spiro atoms. The molecule has 0 saturated heterocycles. The van der Waals surface area contributed by atoms with Crippen molar-refractivity contribution in [3.8, 4) is 5.75 Å². The fraction of sp³-hybridized carbons (Fsp3) is 0.625. The van der Waals surface area contributed by atoms with Crippen LogP contribution in [-0.4, -0.2) is 38.2 Å². The number of rotatable bonds is 6. The Bertz CT molecular complexity index is 458. The van der Waals surface area contributed by atoms with Crippen molar-refractivity contribution < 1.29 is 9.13 Å². The minimum absolute atomic E-state index is 0.0661. The van der Waals surface area contributed by atoms with Crippen LogP contribution in [0.2, 0.25) is 0 Å². The van der Waals surface area contributed by atoms with Crippen LogP contribution in [0.25, 0.3) is 0 Å². The maximum atomic E-state index is 14.0. The zero-order chi connectivity index (χ0) is 14.8. The van der Waals surface area contributed by atoms with Crippen LogP contribution in [0.5, 0.6) is 5.75 Å². The van der Waals surface area contributed by atoms with Gasteiger partial charge in [-0.2, -0.15) is 0 Å². The number of halogens is 1. The lowest BCUT2D eigenvalue weighted by atomic mass is 9.75. The fourth-order valence-electron chi connectivity index (χ4n) is 2.93. The number of nitrogens with zero attached hydrogens (tertiary/aromatic N) is 1. The summed E-state index contributed by atoms with van der Waals surface area (Å²) in [4.78, 5) is 2.29. The predicted octanol–water partition coefficient (Wildman–Crippen LogP) is 2.97. The van der Waals surface area contributed by atoms with Crippen LogP contribution in [0.15, 0.2) is 18.2 Å². The number of nitrogens with one attached hydrogen (secondary N) is 1. The molecule has 20 heavy (non-hydrogen) atoms. The Morgan fingerprint density at radius 2 is 2.10 bits per heavy atom. The van der Waals surface area contributed by atoms with Gasteiger partial charge in [0, 0.05) is 23.7 Å². The zero-order valence-electron chi connectivity index (χ0n) is 12.9. The standard InChI is InChI=1S/C16H25FN2O/c1-12(15-13(17)7-5-8-14(15)20-4)18-11-16(19(2)3)9-6-10-16/h5,7-8,12,18H,6,9-11H2,1-4H3. The number of hydrogen-bond donors (Lipinski definition) is 1. The van der Waals surface area contributed by atoms with Gasteiger partial charge in [-0.1, -0.05) is 6.07 Å². The highest BCUT2D eigenvalue weighted by molar-refractivity contribution is 5.37. The Morgan fingerprint density at radius 1 is 1.40 bits per heavy atom. The van der Waals surface area contributed by atoms with Crippen molar-refractivity contribution in [3.05, 3.63) is 29.6 Å². The number of benzene rings is 1. The van der Waals surface area contributed by atoms with Crippen molar-refractivity contribution in [2.75, 3.05) is 27.7 Å². The molecule has 0 amide bonds. The van der Waals surface area contributed by atoms with Crippen LogP contribution < -0.4 is 10.1 Å². The average molecular weight is 280 g/mol. The van der Waals surface area contributed by atoms with Crippen LogP contribution in [-0.2, 0) is 0 Å². The highest BCUT2D eigenvalue weighted by Gasteiger charge is 2.39. The monoisotopic (exact) mass is 280 g/mol. The van der Waals surface area contributed by atoms with E-state index in [9.17, 15) is 4.39 Å². The maximum Gasteiger partial charge on any atom is 0.131 e. The Labute approximate surface area is 121 Å². The van der Waals surface area contributed by atoms with Gasteiger partial charge in [-0.25, -0.2) is 4.39 Å². The fourth-order valence-corrected chi connectivity index (χ4v) is 2.93. The normalized spacial score (nSPS) is 18.7. The molecule has 1 atom stereocenters. The molecule has 3 nitrogen and oxygen atoms in total. The molecule has 2 rings (SSSR count). The summed E-state index contributed by atoms with van der Waals surface area (Å²) in [7, 11) is 5.82. The van der Waals surface area contributed by atoms with Crippen molar-refractivity contribution in [1.29, 1.82) is 0 Å². The van der Waals surface area contributed by atoms with Gasteiger partial charge in [0.2, 0.25) is 0 Å². The minimum atomic E-state index is -0.211. The largest absolute Gasteiger partial charge is 0.496 e. The molecule has 1 fully saturated rings. The van der Waals surface area contributed by atoms with Crippen molar-refractivity contribution in [2.24, 2.45) is 0 Å². The SMILES string of the molecule is COc1cccc(F)c1C(C)NCC1(N(C)C)CCC1. The summed E-state index contributed by atoms with van der Waals surface area (Å²) in [5, 5.41) is 3.48. The molecule has 1 aromatic carbocycles. The molecule has 0 aliphatic heterocycles. The predicted molar refractivity (Wildman–Crippen MR) is 79.6 cm³/mol. The Morgan fingerprint density at radius 3 is 2.60 bits per heavy atom.